The van der Waals surface area contributed by atoms with Crippen molar-refractivity contribution in [3.05, 3.63) is 51.9 Å². The number of carbonyl (C=O) groups excluding carboxylic acids is 1. The van der Waals surface area contributed by atoms with Crippen molar-refractivity contribution >= 4 is 48.6 Å². The summed E-state index contributed by atoms with van der Waals surface area (Å²) >= 11 is 6.91. The second-order valence-corrected chi connectivity index (χ2v) is 8.57. The summed E-state index contributed by atoms with van der Waals surface area (Å²) in [6.07, 6.45) is 0.531. The van der Waals surface area contributed by atoms with E-state index in [2.05, 4.69) is 5.32 Å². The van der Waals surface area contributed by atoms with Crippen LogP contribution < -0.4 is 5.32 Å². The number of benzene rings is 1. The molecule has 0 fully saturated rings. The van der Waals surface area contributed by atoms with Crippen LogP contribution >= 0.6 is 33.6 Å². The van der Waals surface area contributed by atoms with Crippen molar-refractivity contribution in [2.75, 3.05) is 6.54 Å². The van der Waals surface area contributed by atoms with E-state index in [9.17, 15) is 13.2 Å². The van der Waals surface area contributed by atoms with Crippen molar-refractivity contribution in [2.24, 2.45) is 0 Å². The highest BCUT2D eigenvalue weighted by atomic mass is 35.7. The van der Waals surface area contributed by atoms with E-state index in [-0.39, 0.29) is 10.1 Å². The second-order valence-electron chi connectivity index (χ2n) is 4.17. The molecule has 0 aliphatic carbocycles. The van der Waals surface area contributed by atoms with Crippen LogP contribution in [0, 0.1) is 0 Å². The Balaban J connectivity index is 1.90. The molecule has 1 aromatic carbocycles. The summed E-state index contributed by atoms with van der Waals surface area (Å²) < 4.78 is 22.4. The molecule has 21 heavy (non-hydrogen) atoms. The smallest absolute Gasteiger partial charge is 0.270 e. The summed E-state index contributed by atoms with van der Waals surface area (Å²) in [6, 6.07) is 9.80. The minimum absolute atomic E-state index is 0.111. The largest absolute Gasteiger partial charge is 0.352 e. The average Bonchev–Trinajstić information content (AvgIpc) is 2.87. The molecule has 0 spiro atoms. The Morgan fingerprint density at radius 2 is 2.00 bits per heavy atom. The van der Waals surface area contributed by atoms with Gasteiger partial charge in [0.15, 0.2) is 0 Å². The first kappa shape index (κ1) is 16.3. The molecular weight excluding hydrogens is 353 g/mol. The van der Waals surface area contributed by atoms with Crippen molar-refractivity contribution < 1.29 is 13.2 Å². The van der Waals surface area contributed by atoms with Gasteiger partial charge in [-0.1, -0.05) is 17.7 Å². The minimum atomic E-state index is -3.68. The molecule has 1 N–H and O–H groups in total. The molecule has 0 radical (unpaired) electrons. The van der Waals surface area contributed by atoms with Crippen LogP contribution in [0.4, 0.5) is 0 Å². The van der Waals surface area contributed by atoms with Crippen LogP contribution in [0.25, 0.3) is 0 Å². The van der Waals surface area contributed by atoms with Gasteiger partial charge in [-0.15, -0.1) is 11.3 Å². The highest BCUT2D eigenvalue weighted by molar-refractivity contribution is 8.15. The molecule has 0 aliphatic rings. The monoisotopic (exact) mass is 363 g/mol. The number of hydrogen-bond donors (Lipinski definition) is 1. The average molecular weight is 364 g/mol. The molecular formula is C13H11Cl2NO3S2. The van der Waals surface area contributed by atoms with Crippen molar-refractivity contribution in [1.29, 1.82) is 0 Å². The second kappa shape index (κ2) is 6.79. The fraction of sp³-hybridized carbons (Fsp3) is 0.154. The summed E-state index contributed by atoms with van der Waals surface area (Å²) in [5.74, 6) is -0.223. The molecule has 1 amide bonds. The number of nitrogens with one attached hydrogen (secondary N) is 1. The Kier molecular flexibility index (Phi) is 5.27. The number of thiophene rings is 1. The molecule has 8 heteroatoms. The molecule has 0 bridgehead atoms. The molecule has 2 rings (SSSR count). The van der Waals surface area contributed by atoms with E-state index >= 15 is 0 Å². The van der Waals surface area contributed by atoms with Gasteiger partial charge in [0.25, 0.3) is 15.0 Å². The van der Waals surface area contributed by atoms with Gasteiger partial charge in [0.05, 0.1) is 0 Å². The molecule has 0 unspecified atom stereocenters. The summed E-state index contributed by atoms with van der Waals surface area (Å²) in [5, 5.41) is 3.25. The minimum Gasteiger partial charge on any atom is -0.352 e. The van der Waals surface area contributed by atoms with Crippen molar-refractivity contribution in [1.82, 2.24) is 5.32 Å². The molecule has 1 heterocycles. The highest BCUT2D eigenvalue weighted by Gasteiger charge is 2.13. The fourth-order valence-electron chi connectivity index (χ4n) is 1.65. The van der Waals surface area contributed by atoms with E-state index in [1.807, 2.05) is 0 Å². The molecule has 0 atom stereocenters. The van der Waals surface area contributed by atoms with Crippen LogP contribution in [0.3, 0.4) is 0 Å². The first-order chi connectivity index (χ1) is 9.86. The Labute approximate surface area is 136 Å². The number of hydrogen-bond acceptors (Lipinski definition) is 4. The zero-order valence-corrected chi connectivity index (χ0v) is 13.8. The van der Waals surface area contributed by atoms with Gasteiger partial charge in [-0.3, -0.25) is 4.79 Å². The van der Waals surface area contributed by atoms with E-state index in [1.54, 1.807) is 30.3 Å². The predicted octanol–water partition coefficient (Wildman–Crippen LogP) is 3.30. The van der Waals surface area contributed by atoms with Gasteiger partial charge < -0.3 is 5.32 Å². The van der Waals surface area contributed by atoms with Crippen molar-refractivity contribution in [3.8, 4) is 0 Å². The lowest BCUT2D eigenvalue weighted by atomic mass is 10.2. The molecule has 0 saturated heterocycles. The lowest BCUT2D eigenvalue weighted by Gasteiger charge is -2.04. The fourth-order valence-corrected chi connectivity index (χ4v) is 3.97. The number of halogens is 2. The normalized spacial score (nSPS) is 11.3. The third kappa shape index (κ3) is 4.71. The van der Waals surface area contributed by atoms with Gasteiger partial charge in [-0.2, -0.15) is 0 Å². The topological polar surface area (TPSA) is 63.2 Å². The van der Waals surface area contributed by atoms with Crippen LogP contribution in [-0.4, -0.2) is 20.9 Å². The van der Waals surface area contributed by atoms with Crippen molar-refractivity contribution in [2.45, 2.75) is 10.6 Å². The van der Waals surface area contributed by atoms with Gasteiger partial charge in [-0.05, 0) is 36.8 Å². The maximum absolute atomic E-state index is 11.9. The van der Waals surface area contributed by atoms with E-state index in [4.69, 9.17) is 22.3 Å². The van der Waals surface area contributed by atoms with Crippen LogP contribution in [0.15, 0.2) is 40.6 Å². The summed E-state index contributed by atoms with van der Waals surface area (Å²) in [5.41, 5.74) is 0.484. The van der Waals surface area contributed by atoms with Gasteiger partial charge in [-0.25, -0.2) is 8.42 Å². The Morgan fingerprint density at radius 1 is 1.24 bits per heavy atom. The lowest BCUT2D eigenvalue weighted by molar-refractivity contribution is 0.0954. The van der Waals surface area contributed by atoms with Gasteiger partial charge in [0.1, 0.15) is 4.21 Å². The van der Waals surface area contributed by atoms with E-state index < -0.39 is 9.05 Å². The molecule has 1 aromatic heterocycles. The quantitative estimate of drug-likeness (QED) is 0.828. The number of rotatable bonds is 5. The third-order valence-electron chi connectivity index (χ3n) is 2.62. The van der Waals surface area contributed by atoms with Gasteiger partial charge in [0.2, 0.25) is 0 Å². The van der Waals surface area contributed by atoms with Crippen LogP contribution in [-0.2, 0) is 15.5 Å². The number of amides is 1. The Bertz CT molecular complexity index is 756. The predicted molar refractivity (Wildman–Crippen MR) is 84.8 cm³/mol. The van der Waals surface area contributed by atoms with E-state index in [0.717, 1.165) is 16.2 Å². The van der Waals surface area contributed by atoms with E-state index in [1.165, 1.54) is 6.07 Å². The summed E-state index contributed by atoms with van der Waals surface area (Å²) in [6.45, 7) is 0.396. The third-order valence-corrected chi connectivity index (χ3v) is 6.09. The zero-order valence-electron chi connectivity index (χ0n) is 10.7. The first-order valence-corrected chi connectivity index (χ1v) is 9.44. The first-order valence-electron chi connectivity index (χ1n) is 5.93. The summed E-state index contributed by atoms with van der Waals surface area (Å²) in [4.78, 5) is 12.7. The van der Waals surface area contributed by atoms with Crippen LogP contribution in [0.5, 0.6) is 0 Å². The maximum Gasteiger partial charge on any atom is 0.270 e. The zero-order chi connectivity index (χ0) is 15.5. The standard InChI is InChI=1S/C13H11Cl2NO3S2/c14-10-3-1-2-9(8-10)13(17)16-7-6-11-4-5-12(20-11)21(15,18)19/h1-5,8H,6-7H2,(H,16,17). The van der Waals surface area contributed by atoms with Gasteiger partial charge >= 0.3 is 0 Å². The lowest BCUT2D eigenvalue weighted by Crippen LogP contribution is -2.25. The SMILES string of the molecule is O=C(NCCc1ccc(S(=O)(=O)Cl)s1)c1cccc(Cl)c1. The Morgan fingerprint density at radius 3 is 2.62 bits per heavy atom. The highest BCUT2D eigenvalue weighted by Crippen LogP contribution is 2.24. The number of carbonyl (C=O) groups is 1. The molecule has 2 aromatic rings. The molecule has 4 nitrogen and oxygen atoms in total. The maximum atomic E-state index is 11.9. The molecule has 0 aliphatic heterocycles. The van der Waals surface area contributed by atoms with Crippen LogP contribution in [0.2, 0.25) is 5.02 Å². The van der Waals surface area contributed by atoms with E-state index in [0.29, 0.717) is 23.6 Å². The van der Waals surface area contributed by atoms with Crippen LogP contribution in [0.1, 0.15) is 15.2 Å². The Hall–Kier alpha value is -1.08. The van der Waals surface area contributed by atoms with Gasteiger partial charge in [0, 0.05) is 32.7 Å². The van der Waals surface area contributed by atoms with Crippen molar-refractivity contribution in [3.63, 3.8) is 0 Å². The summed E-state index contributed by atoms with van der Waals surface area (Å²) in [7, 11) is 1.57. The molecule has 112 valence electrons. The molecule has 0 saturated carbocycles.